The van der Waals surface area contributed by atoms with E-state index >= 15 is 0 Å². The summed E-state index contributed by atoms with van der Waals surface area (Å²) in [5.74, 6) is -0.762. The summed E-state index contributed by atoms with van der Waals surface area (Å²) in [6.45, 7) is 0. The van der Waals surface area contributed by atoms with Crippen LogP contribution in [-0.4, -0.2) is 37.3 Å². The SMILES string of the molecule is COc1cc2nccc(Oc3ccc(NC(=O)CC(Nc4ccccc4)C(F)(F)F)cc3F)c2cc1OC. The van der Waals surface area contributed by atoms with Gasteiger partial charge in [0.15, 0.2) is 23.1 Å². The first-order valence-corrected chi connectivity index (χ1v) is 11.3. The van der Waals surface area contributed by atoms with E-state index in [1.807, 2.05) is 0 Å². The number of nitrogens with zero attached hydrogens (tertiary/aromatic N) is 1. The Balaban J connectivity index is 1.48. The maximum atomic E-state index is 14.9. The summed E-state index contributed by atoms with van der Waals surface area (Å²) in [5, 5.41) is 5.15. The van der Waals surface area contributed by atoms with E-state index in [0.717, 1.165) is 6.07 Å². The van der Waals surface area contributed by atoms with Gasteiger partial charge in [-0.2, -0.15) is 13.2 Å². The quantitative estimate of drug-likeness (QED) is 0.239. The summed E-state index contributed by atoms with van der Waals surface area (Å²) in [4.78, 5) is 16.6. The fourth-order valence-corrected chi connectivity index (χ4v) is 3.70. The molecule has 0 saturated carbocycles. The molecule has 4 rings (SSSR count). The van der Waals surface area contributed by atoms with Gasteiger partial charge in [-0.3, -0.25) is 9.78 Å². The number of nitrogens with one attached hydrogen (secondary N) is 2. The van der Waals surface area contributed by atoms with E-state index in [1.54, 1.807) is 36.4 Å². The number of benzene rings is 3. The summed E-state index contributed by atoms with van der Waals surface area (Å²) in [5.41, 5.74) is 0.717. The molecule has 0 radical (unpaired) electrons. The van der Waals surface area contributed by atoms with Crippen molar-refractivity contribution in [1.29, 1.82) is 0 Å². The lowest BCUT2D eigenvalue weighted by Gasteiger charge is -2.22. The smallest absolute Gasteiger partial charge is 0.409 e. The minimum absolute atomic E-state index is 0.0218. The van der Waals surface area contributed by atoms with Crippen LogP contribution < -0.4 is 24.8 Å². The normalized spacial score (nSPS) is 12.1. The Morgan fingerprint density at radius 2 is 1.61 bits per heavy atom. The molecule has 1 amide bonds. The average Bonchev–Trinajstić information content (AvgIpc) is 2.89. The molecule has 3 aromatic carbocycles. The fraction of sp³-hybridized carbons (Fsp3) is 0.185. The summed E-state index contributed by atoms with van der Waals surface area (Å²) in [6, 6.07) is 14.0. The van der Waals surface area contributed by atoms with Gasteiger partial charge in [0, 0.05) is 35.1 Å². The zero-order valence-electron chi connectivity index (χ0n) is 20.3. The molecule has 7 nitrogen and oxygen atoms in total. The summed E-state index contributed by atoms with van der Waals surface area (Å²) < 4.78 is 71.7. The minimum Gasteiger partial charge on any atom is -0.493 e. The number of alkyl halides is 3. The van der Waals surface area contributed by atoms with Crippen molar-refractivity contribution in [1.82, 2.24) is 4.98 Å². The van der Waals surface area contributed by atoms with Gasteiger partial charge in [0.25, 0.3) is 0 Å². The van der Waals surface area contributed by atoms with Crippen molar-refractivity contribution in [3.8, 4) is 23.0 Å². The Morgan fingerprint density at radius 1 is 0.895 bits per heavy atom. The first-order valence-electron chi connectivity index (χ1n) is 11.3. The van der Waals surface area contributed by atoms with Crippen LogP contribution in [0.5, 0.6) is 23.0 Å². The number of rotatable bonds is 9. The Kier molecular flexibility index (Phi) is 7.85. The first-order chi connectivity index (χ1) is 18.2. The molecule has 0 fully saturated rings. The Bertz CT molecular complexity index is 1430. The third-order valence-electron chi connectivity index (χ3n) is 5.54. The number of para-hydroxylation sites is 1. The molecule has 1 heterocycles. The molecule has 1 atom stereocenters. The van der Waals surface area contributed by atoms with Crippen LogP contribution in [0.3, 0.4) is 0 Å². The third kappa shape index (κ3) is 6.23. The highest BCUT2D eigenvalue weighted by Crippen LogP contribution is 2.37. The molecule has 2 N–H and O–H groups in total. The van der Waals surface area contributed by atoms with E-state index in [1.165, 1.54) is 44.7 Å². The van der Waals surface area contributed by atoms with Gasteiger partial charge in [-0.25, -0.2) is 4.39 Å². The van der Waals surface area contributed by atoms with Gasteiger partial charge in [0.1, 0.15) is 11.8 Å². The van der Waals surface area contributed by atoms with Crippen LogP contribution in [0, 0.1) is 5.82 Å². The number of carbonyl (C=O) groups excluding carboxylic acids is 1. The molecule has 0 aliphatic heterocycles. The van der Waals surface area contributed by atoms with E-state index in [9.17, 15) is 22.4 Å². The van der Waals surface area contributed by atoms with Gasteiger partial charge in [0.2, 0.25) is 5.91 Å². The highest BCUT2D eigenvalue weighted by molar-refractivity contribution is 5.91. The van der Waals surface area contributed by atoms with Crippen LogP contribution in [0.2, 0.25) is 0 Å². The molecule has 4 aromatic rings. The van der Waals surface area contributed by atoms with E-state index in [2.05, 4.69) is 15.6 Å². The molecule has 198 valence electrons. The van der Waals surface area contributed by atoms with Crippen LogP contribution in [0.4, 0.5) is 28.9 Å². The number of amides is 1. The average molecular weight is 529 g/mol. The Morgan fingerprint density at radius 3 is 2.26 bits per heavy atom. The highest BCUT2D eigenvalue weighted by atomic mass is 19.4. The second-order valence-corrected chi connectivity index (χ2v) is 8.14. The zero-order valence-corrected chi connectivity index (χ0v) is 20.3. The van der Waals surface area contributed by atoms with Crippen molar-refractivity contribution >= 4 is 28.2 Å². The van der Waals surface area contributed by atoms with Crippen molar-refractivity contribution in [2.75, 3.05) is 24.9 Å². The molecule has 0 aliphatic carbocycles. The number of anilines is 2. The van der Waals surface area contributed by atoms with Crippen molar-refractivity contribution in [2.24, 2.45) is 0 Å². The number of pyridine rings is 1. The number of ether oxygens (including phenoxy) is 3. The van der Waals surface area contributed by atoms with Gasteiger partial charge < -0.3 is 24.8 Å². The van der Waals surface area contributed by atoms with Gasteiger partial charge in [-0.05, 0) is 36.4 Å². The number of hydrogen-bond donors (Lipinski definition) is 2. The predicted molar refractivity (Wildman–Crippen MR) is 134 cm³/mol. The molecule has 0 spiro atoms. The largest absolute Gasteiger partial charge is 0.493 e. The van der Waals surface area contributed by atoms with Crippen molar-refractivity contribution in [3.05, 3.63) is 78.7 Å². The van der Waals surface area contributed by atoms with Crippen molar-refractivity contribution in [2.45, 2.75) is 18.6 Å². The number of aromatic nitrogens is 1. The molecule has 1 unspecified atom stereocenters. The number of carbonyl (C=O) groups is 1. The maximum Gasteiger partial charge on any atom is 0.409 e. The predicted octanol–water partition coefficient (Wildman–Crippen LogP) is 6.56. The van der Waals surface area contributed by atoms with Crippen molar-refractivity contribution < 1.29 is 36.6 Å². The number of fused-ring (bicyclic) bond motifs is 1. The summed E-state index contributed by atoms with van der Waals surface area (Å²) >= 11 is 0. The van der Waals surface area contributed by atoms with E-state index < -0.39 is 30.4 Å². The standard InChI is InChI=1S/C27H23F4N3O4/c1-36-23-13-18-20(14-24(23)37-2)32-11-10-21(18)38-22-9-8-17(12-19(22)28)34-26(35)15-25(27(29,30)31)33-16-6-4-3-5-7-16/h3-14,25,33H,15H2,1-2H3,(H,34,35). The minimum atomic E-state index is -4.68. The zero-order chi connectivity index (χ0) is 27.3. The lowest BCUT2D eigenvalue weighted by Crippen LogP contribution is -2.39. The summed E-state index contributed by atoms with van der Waals surface area (Å²) in [6.07, 6.45) is -4.11. The molecule has 38 heavy (non-hydrogen) atoms. The number of methoxy groups -OCH3 is 2. The Hall–Kier alpha value is -4.54. The molecular formula is C27H23F4N3O4. The highest BCUT2D eigenvalue weighted by Gasteiger charge is 2.41. The monoisotopic (exact) mass is 529 g/mol. The van der Waals surface area contributed by atoms with Gasteiger partial charge in [-0.1, -0.05) is 18.2 Å². The number of hydrogen-bond acceptors (Lipinski definition) is 6. The lowest BCUT2D eigenvalue weighted by atomic mass is 10.1. The van der Waals surface area contributed by atoms with Gasteiger partial charge in [0.05, 0.1) is 26.2 Å². The first kappa shape index (κ1) is 26.5. The molecular weight excluding hydrogens is 506 g/mol. The maximum absolute atomic E-state index is 14.9. The van der Waals surface area contributed by atoms with E-state index in [4.69, 9.17) is 14.2 Å². The Labute approximate surface area is 215 Å². The summed E-state index contributed by atoms with van der Waals surface area (Å²) in [7, 11) is 2.96. The topological polar surface area (TPSA) is 81.7 Å². The molecule has 1 aromatic heterocycles. The number of halogens is 4. The van der Waals surface area contributed by atoms with Crippen LogP contribution >= 0.6 is 0 Å². The molecule has 0 bridgehead atoms. The van der Waals surface area contributed by atoms with E-state index in [0.29, 0.717) is 22.4 Å². The molecule has 0 aliphatic rings. The van der Waals surface area contributed by atoms with Crippen LogP contribution in [0.15, 0.2) is 72.9 Å². The lowest BCUT2D eigenvalue weighted by molar-refractivity contribution is -0.148. The van der Waals surface area contributed by atoms with Crippen LogP contribution in [-0.2, 0) is 4.79 Å². The van der Waals surface area contributed by atoms with Crippen LogP contribution in [0.25, 0.3) is 10.9 Å². The van der Waals surface area contributed by atoms with Crippen molar-refractivity contribution in [3.63, 3.8) is 0 Å². The van der Waals surface area contributed by atoms with Gasteiger partial charge in [-0.15, -0.1) is 0 Å². The second kappa shape index (κ2) is 11.2. The second-order valence-electron chi connectivity index (χ2n) is 8.14. The fourth-order valence-electron chi connectivity index (χ4n) is 3.70. The van der Waals surface area contributed by atoms with Crippen LogP contribution in [0.1, 0.15) is 6.42 Å². The van der Waals surface area contributed by atoms with Gasteiger partial charge >= 0.3 is 6.18 Å². The molecule has 11 heteroatoms. The molecule has 0 saturated heterocycles. The van der Waals surface area contributed by atoms with E-state index in [-0.39, 0.29) is 22.9 Å². The third-order valence-corrected chi connectivity index (χ3v) is 5.54.